The first kappa shape index (κ1) is 10.2. The van der Waals surface area contributed by atoms with Gasteiger partial charge in [-0.2, -0.15) is 0 Å². The third kappa shape index (κ3) is 1.40. The summed E-state index contributed by atoms with van der Waals surface area (Å²) in [5.74, 6) is -0.196. The van der Waals surface area contributed by atoms with Crippen LogP contribution in [0.15, 0.2) is 30.5 Å². The molecule has 2 aromatic rings. The predicted octanol–water partition coefficient (Wildman–Crippen LogP) is 1.89. The van der Waals surface area contributed by atoms with Gasteiger partial charge in [0.15, 0.2) is 0 Å². The number of rotatable bonds is 1. The van der Waals surface area contributed by atoms with Gasteiger partial charge in [0.05, 0.1) is 5.39 Å². The van der Waals surface area contributed by atoms with E-state index in [1.807, 2.05) is 0 Å². The lowest BCUT2D eigenvalue weighted by molar-refractivity contribution is 0.457. The lowest BCUT2D eigenvalue weighted by Gasteiger charge is -2.08. The molecule has 5 N–H and O–H groups in total. The van der Waals surface area contributed by atoms with Crippen LogP contribution in [-0.2, 0) is 0 Å². The summed E-state index contributed by atoms with van der Waals surface area (Å²) in [6, 6.07) is 5.99. The molecule has 0 radical (unpaired) electrons. The minimum absolute atomic E-state index is 0.0228. The first-order valence-electron chi connectivity index (χ1n) is 4.70. The molecule has 0 unspecified atom stereocenters. The molecule has 0 aliphatic heterocycles. The molecule has 0 bridgehead atoms. The van der Waals surface area contributed by atoms with Crippen molar-refractivity contribution in [2.24, 2.45) is 5.73 Å². The van der Waals surface area contributed by atoms with Crippen LogP contribution in [0.5, 0.6) is 17.2 Å². The molecule has 0 saturated carbocycles. The summed E-state index contributed by atoms with van der Waals surface area (Å²) in [5.41, 5.74) is 5.63. The van der Waals surface area contributed by atoms with E-state index in [-0.39, 0.29) is 22.6 Å². The molecule has 0 saturated heterocycles. The van der Waals surface area contributed by atoms with Crippen LogP contribution in [0.1, 0.15) is 5.56 Å². The minimum atomic E-state index is -0.0981. The van der Waals surface area contributed by atoms with Gasteiger partial charge in [0.1, 0.15) is 17.2 Å². The zero-order valence-electron chi connectivity index (χ0n) is 8.38. The van der Waals surface area contributed by atoms with Crippen LogP contribution in [0.3, 0.4) is 0 Å². The second kappa shape index (κ2) is 3.66. The van der Waals surface area contributed by atoms with Crippen molar-refractivity contribution in [2.45, 2.75) is 0 Å². The Morgan fingerprint density at radius 2 is 1.81 bits per heavy atom. The van der Waals surface area contributed by atoms with Gasteiger partial charge in [0.25, 0.3) is 0 Å². The Morgan fingerprint density at radius 1 is 1.06 bits per heavy atom. The van der Waals surface area contributed by atoms with Gasteiger partial charge in [-0.1, -0.05) is 12.1 Å². The lowest BCUT2D eigenvalue weighted by Crippen LogP contribution is -1.83. The third-order valence-electron chi connectivity index (χ3n) is 2.40. The van der Waals surface area contributed by atoms with E-state index in [0.717, 1.165) is 0 Å². The van der Waals surface area contributed by atoms with Crippen LogP contribution in [-0.4, -0.2) is 15.3 Å². The van der Waals surface area contributed by atoms with E-state index in [4.69, 9.17) is 5.73 Å². The quantitative estimate of drug-likeness (QED) is 0.549. The smallest absolute Gasteiger partial charge is 0.131 e. The maximum atomic E-state index is 9.90. The molecule has 0 amide bonds. The molecule has 0 aliphatic rings. The highest BCUT2D eigenvalue weighted by molar-refractivity contribution is 5.99. The average molecular weight is 217 g/mol. The van der Waals surface area contributed by atoms with Crippen LogP contribution in [0.2, 0.25) is 0 Å². The van der Waals surface area contributed by atoms with Gasteiger partial charge in [-0.05, 0) is 24.4 Å². The maximum absolute atomic E-state index is 9.90. The predicted molar refractivity (Wildman–Crippen MR) is 62.2 cm³/mol. The molecule has 0 aliphatic carbocycles. The van der Waals surface area contributed by atoms with Gasteiger partial charge < -0.3 is 21.1 Å². The summed E-state index contributed by atoms with van der Waals surface area (Å²) < 4.78 is 0. The lowest BCUT2D eigenvalue weighted by atomic mass is 10.0. The number of fused-ring (bicyclic) bond motifs is 1. The average Bonchev–Trinajstić information content (AvgIpc) is 2.25. The number of phenols is 3. The van der Waals surface area contributed by atoms with Crippen molar-refractivity contribution in [3.8, 4) is 17.2 Å². The van der Waals surface area contributed by atoms with Gasteiger partial charge in [0, 0.05) is 10.9 Å². The third-order valence-corrected chi connectivity index (χ3v) is 2.40. The molecule has 4 heteroatoms. The summed E-state index contributed by atoms with van der Waals surface area (Å²) in [4.78, 5) is 0. The van der Waals surface area contributed by atoms with Crippen molar-refractivity contribution < 1.29 is 15.3 Å². The Kier molecular flexibility index (Phi) is 2.32. The molecule has 0 fully saturated rings. The summed E-state index contributed by atoms with van der Waals surface area (Å²) in [6.07, 6.45) is 2.74. The number of hydrogen-bond donors (Lipinski definition) is 4. The Hall–Kier alpha value is -2.36. The number of nitrogens with two attached hydrogens (primary N) is 1. The van der Waals surface area contributed by atoms with E-state index in [1.54, 1.807) is 12.1 Å². The SMILES string of the molecule is N/C=C/c1cc(O)c2c(O)cccc2c1O. The van der Waals surface area contributed by atoms with E-state index in [1.165, 1.54) is 24.4 Å². The van der Waals surface area contributed by atoms with Crippen molar-refractivity contribution >= 4 is 16.8 Å². The summed E-state index contributed by atoms with van der Waals surface area (Å²) in [6.45, 7) is 0. The van der Waals surface area contributed by atoms with E-state index in [2.05, 4.69) is 0 Å². The molecule has 0 spiro atoms. The van der Waals surface area contributed by atoms with Gasteiger partial charge >= 0.3 is 0 Å². The second-order valence-electron chi connectivity index (χ2n) is 3.39. The number of hydrogen-bond acceptors (Lipinski definition) is 4. The van der Waals surface area contributed by atoms with Crippen LogP contribution in [0.4, 0.5) is 0 Å². The van der Waals surface area contributed by atoms with Crippen LogP contribution in [0.25, 0.3) is 16.8 Å². The van der Waals surface area contributed by atoms with Gasteiger partial charge in [0.2, 0.25) is 0 Å². The topological polar surface area (TPSA) is 86.7 Å². The van der Waals surface area contributed by atoms with E-state index >= 15 is 0 Å². The second-order valence-corrected chi connectivity index (χ2v) is 3.39. The normalized spacial score (nSPS) is 11.2. The number of aromatic hydroxyl groups is 3. The largest absolute Gasteiger partial charge is 0.507 e. The van der Waals surface area contributed by atoms with Gasteiger partial charge in [-0.15, -0.1) is 0 Å². The fourth-order valence-electron chi connectivity index (χ4n) is 1.68. The molecule has 0 heterocycles. The van der Waals surface area contributed by atoms with Gasteiger partial charge in [-0.25, -0.2) is 0 Å². The summed E-state index contributed by atoms with van der Waals surface area (Å²) in [5, 5.41) is 29.8. The first-order chi connectivity index (χ1) is 7.65. The highest BCUT2D eigenvalue weighted by Crippen LogP contribution is 2.40. The maximum Gasteiger partial charge on any atom is 0.131 e. The molecule has 82 valence electrons. The highest BCUT2D eigenvalue weighted by Gasteiger charge is 2.11. The minimum Gasteiger partial charge on any atom is -0.507 e. The molecule has 4 nitrogen and oxygen atoms in total. The van der Waals surface area contributed by atoms with E-state index in [9.17, 15) is 15.3 Å². The fraction of sp³-hybridized carbons (Fsp3) is 0. The molecule has 2 rings (SSSR count). The zero-order valence-corrected chi connectivity index (χ0v) is 8.38. The molecular formula is C12H11NO3. The summed E-state index contributed by atoms with van der Waals surface area (Å²) >= 11 is 0. The van der Waals surface area contributed by atoms with Gasteiger partial charge in [-0.3, -0.25) is 0 Å². The Morgan fingerprint density at radius 3 is 2.50 bits per heavy atom. The van der Waals surface area contributed by atoms with Crippen LogP contribution in [0, 0.1) is 0 Å². The Balaban J connectivity index is 2.90. The first-order valence-corrected chi connectivity index (χ1v) is 4.70. The molecule has 0 atom stereocenters. The molecule has 2 aromatic carbocycles. The van der Waals surface area contributed by atoms with Crippen molar-refractivity contribution in [1.29, 1.82) is 0 Å². The summed E-state index contributed by atoms with van der Waals surface area (Å²) in [7, 11) is 0. The van der Waals surface area contributed by atoms with Crippen molar-refractivity contribution in [2.75, 3.05) is 0 Å². The fourth-order valence-corrected chi connectivity index (χ4v) is 1.68. The standard InChI is InChI=1S/C12H11NO3/c13-5-4-7-6-10(15)11-8(12(7)16)2-1-3-9(11)14/h1-6,14-16H,13H2/b5-4+. The molecule has 16 heavy (non-hydrogen) atoms. The van der Waals surface area contributed by atoms with Crippen LogP contribution < -0.4 is 5.73 Å². The Bertz CT molecular complexity index is 576. The van der Waals surface area contributed by atoms with E-state index in [0.29, 0.717) is 10.9 Å². The molecule has 0 aromatic heterocycles. The van der Waals surface area contributed by atoms with Crippen molar-refractivity contribution in [3.63, 3.8) is 0 Å². The number of benzene rings is 2. The molecular weight excluding hydrogens is 206 g/mol. The van der Waals surface area contributed by atoms with Crippen molar-refractivity contribution in [1.82, 2.24) is 0 Å². The monoisotopic (exact) mass is 217 g/mol. The van der Waals surface area contributed by atoms with Crippen molar-refractivity contribution in [3.05, 3.63) is 36.0 Å². The van der Waals surface area contributed by atoms with Crippen LogP contribution >= 0.6 is 0 Å². The number of phenolic OH excluding ortho intramolecular Hbond substituents is 3. The highest BCUT2D eigenvalue weighted by atomic mass is 16.3. The Labute approximate surface area is 91.9 Å². The van der Waals surface area contributed by atoms with E-state index < -0.39 is 0 Å². The zero-order chi connectivity index (χ0) is 11.7.